The third-order valence-electron chi connectivity index (χ3n) is 3.21. The van der Waals surface area contributed by atoms with Gasteiger partial charge in [-0.1, -0.05) is 5.16 Å². The van der Waals surface area contributed by atoms with Gasteiger partial charge in [0.15, 0.2) is 0 Å². The van der Waals surface area contributed by atoms with Crippen molar-refractivity contribution in [2.45, 2.75) is 6.92 Å². The summed E-state index contributed by atoms with van der Waals surface area (Å²) < 4.78 is 10.4. The van der Waals surface area contributed by atoms with Crippen LogP contribution in [0.2, 0.25) is 0 Å². The van der Waals surface area contributed by atoms with Gasteiger partial charge in [-0.2, -0.15) is 4.98 Å². The van der Waals surface area contributed by atoms with Crippen LogP contribution >= 0.6 is 0 Å². The smallest absolute Gasteiger partial charge is 0.258 e. The number of phenolic OH excluding ortho intramolecular Hbond substituents is 1. The molecule has 1 heterocycles. The number of aromatic nitrogens is 2. The molecule has 5 heteroatoms. The van der Waals surface area contributed by atoms with E-state index in [2.05, 4.69) is 10.1 Å². The number of hydrogen-bond donors (Lipinski definition) is 1. The number of methoxy groups -OCH3 is 1. The molecule has 0 fully saturated rings. The van der Waals surface area contributed by atoms with Gasteiger partial charge in [0.05, 0.1) is 7.11 Å². The van der Waals surface area contributed by atoms with E-state index in [-0.39, 0.29) is 5.75 Å². The normalized spacial score (nSPS) is 10.6. The third kappa shape index (κ3) is 2.58. The molecule has 1 N–H and O–H groups in total. The predicted octanol–water partition coefficient (Wildman–Crippen LogP) is 3.43. The van der Waals surface area contributed by atoms with Crippen molar-refractivity contribution in [3.63, 3.8) is 0 Å². The summed E-state index contributed by atoms with van der Waals surface area (Å²) in [7, 11) is 1.62. The SMILES string of the molecule is COc1ccc(-c2noc(-c3ccc(O)cc3C)n2)cc1. The van der Waals surface area contributed by atoms with Gasteiger partial charge in [-0.15, -0.1) is 0 Å². The fraction of sp³-hybridized carbons (Fsp3) is 0.125. The highest BCUT2D eigenvalue weighted by Crippen LogP contribution is 2.27. The van der Waals surface area contributed by atoms with E-state index in [4.69, 9.17) is 9.26 Å². The summed E-state index contributed by atoms with van der Waals surface area (Å²) in [5.74, 6) is 1.93. The first-order valence-electron chi connectivity index (χ1n) is 6.45. The number of ether oxygens (including phenoxy) is 1. The number of rotatable bonds is 3. The zero-order valence-electron chi connectivity index (χ0n) is 11.7. The van der Waals surface area contributed by atoms with Gasteiger partial charge < -0.3 is 14.4 Å². The van der Waals surface area contributed by atoms with Crippen LogP contribution in [0.25, 0.3) is 22.8 Å². The lowest BCUT2D eigenvalue weighted by Gasteiger charge is -2.00. The molecule has 2 aromatic carbocycles. The van der Waals surface area contributed by atoms with Crippen molar-refractivity contribution >= 4 is 0 Å². The number of hydrogen-bond acceptors (Lipinski definition) is 5. The van der Waals surface area contributed by atoms with Gasteiger partial charge >= 0.3 is 0 Å². The van der Waals surface area contributed by atoms with Gasteiger partial charge in [-0.25, -0.2) is 0 Å². The summed E-state index contributed by atoms with van der Waals surface area (Å²) in [5, 5.41) is 13.4. The summed E-state index contributed by atoms with van der Waals surface area (Å²) in [6, 6.07) is 12.4. The van der Waals surface area contributed by atoms with E-state index in [9.17, 15) is 5.11 Å². The highest BCUT2D eigenvalue weighted by atomic mass is 16.5. The third-order valence-corrected chi connectivity index (χ3v) is 3.21. The quantitative estimate of drug-likeness (QED) is 0.797. The zero-order valence-corrected chi connectivity index (χ0v) is 11.7. The fourth-order valence-corrected chi connectivity index (χ4v) is 2.08. The maximum absolute atomic E-state index is 9.44. The molecule has 106 valence electrons. The molecular formula is C16H14N2O3. The van der Waals surface area contributed by atoms with Crippen molar-refractivity contribution in [3.05, 3.63) is 48.0 Å². The second-order valence-electron chi connectivity index (χ2n) is 4.65. The van der Waals surface area contributed by atoms with E-state index in [1.54, 1.807) is 25.3 Å². The number of benzene rings is 2. The topological polar surface area (TPSA) is 68.4 Å². The Bertz CT molecular complexity index is 763. The second-order valence-corrected chi connectivity index (χ2v) is 4.65. The van der Waals surface area contributed by atoms with Crippen molar-refractivity contribution in [1.82, 2.24) is 10.1 Å². The van der Waals surface area contributed by atoms with Gasteiger partial charge in [-0.3, -0.25) is 0 Å². The van der Waals surface area contributed by atoms with E-state index in [0.29, 0.717) is 11.7 Å². The molecule has 0 unspecified atom stereocenters. The van der Waals surface area contributed by atoms with Gasteiger partial charge in [0.1, 0.15) is 11.5 Å². The molecule has 0 atom stereocenters. The Morgan fingerprint density at radius 1 is 1.10 bits per heavy atom. The average molecular weight is 282 g/mol. The molecule has 3 rings (SSSR count). The summed E-state index contributed by atoms with van der Waals surface area (Å²) in [6.07, 6.45) is 0. The molecular weight excluding hydrogens is 268 g/mol. The van der Waals surface area contributed by atoms with E-state index in [1.807, 2.05) is 31.2 Å². The van der Waals surface area contributed by atoms with Crippen LogP contribution in [0, 0.1) is 6.92 Å². The highest BCUT2D eigenvalue weighted by molar-refractivity contribution is 5.63. The first-order chi connectivity index (χ1) is 10.2. The minimum Gasteiger partial charge on any atom is -0.508 e. The van der Waals surface area contributed by atoms with Crippen molar-refractivity contribution in [3.8, 4) is 34.3 Å². The number of aromatic hydroxyl groups is 1. The maximum Gasteiger partial charge on any atom is 0.258 e. The molecule has 0 aliphatic heterocycles. The van der Waals surface area contributed by atoms with E-state index >= 15 is 0 Å². The summed E-state index contributed by atoms with van der Waals surface area (Å²) in [4.78, 5) is 4.40. The Labute approximate surface area is 121 Å². The highest BCUT2D eigenvalue weighted by Gasteiger charge is 2.12. The summed E-state index contributed by atoms with van der Waals surface area (Å²) in [5.41, 5.74) is 2.53. The van der Waals surface area contributed by atoms with Crippen LogP contribution in [0.1, 0.15) is 5.56 Å². The molecule has 0 radical (unpaired) electrons. The Balaban J connectivity index is 1.95. The maximum atomic E-state index is 9.44. The van der Waals surface area contributed by atoms with Crippen LogP contribution in [0.15, 0.2) is 47.0 Å². The first kappa shape index (κ1) is 13.2. The fourth-order valence-electron chi connectivity index (χ4n) is 2.08. The molecule has 0 aliphatic carbocycles. The molecule has 0 saturated carbocycles. The summed E-state index contributed by atoms with van der Waals surface area (Å²) in [6.45, 7) is 1.88. The molecule has 0 bridgehead atoms. The first-order valence-corrected chi connectivity index (χ1v) is 6.45. The van der Waals surface area contributed by atoms with Crippen LogP contribution in [-0.2, 0) is 0 Å². The minimum absolute atomic E-state index is 0.214. The molecule has 0 saturated heterocycles. The van der Waals surface area contributed by atoms with Gasteiger partial charge in [-0.05, 0) is 55.0 Å². The Hall–Kier alpha value is -2.82. The minimum atomic E-state index is 0.214. The van der Waals surface area contributed by atoms with Crippen LogP contribution < -0.4 is 4.74 Å². The van der Waals surface area contributed by atoms with Crippen molar-refractivity contribution < 1.29 is 14.4 Å². The van der Waals surface area contributed by atoms with E-state index in [1.165, 1.54) is 0 Å². The van der Waals surface area contributed by atoms with Gasteiger partial charge in [0.25, 0.3) is 5.89 Å². The lowest BCUT2D eigenvalue weighted by Crippen LogP contribution is -1.85. The van der Waals surface area contributed by atoms with Crippen LogP contribution in [-0.4, -0.2) is 22.4 Å². The lowest BCUT2D eigenvalue weighted by molar-refractivity contribution is 0.414. The summed E-state index contributed by atoms with van der Waals surface area (Å²) >= 11 is 0. The second kappa shape index (κ2) is 5.28. The van der Waals surface area contributed by atoms with Gasteiger partial charge in [0.2, 0.25) is 5.82 Å². The predicted molar refractivity (Wildman–Crippen MR) is 78.1 cm³/mol. The van der Waals surface area contributed by atoms with Crippen molar-refractivity contribution in [2.75, 3.05) is 7.11 Å². The molecule has 1 aromatic heterocycles. The molecule has 21 heavy (non-hydrogen) atoms. The molecule has 0 amide bonds. The van der Waals surface area contributed by atoms with Crippen molar-refractivity contribution in [2.24, 2.45) is 0 Å². The molecule has 3 aromatic rings. The largest absolute Gasteiger partial charge is 0.508 e. The Kier molecular flexibility index (Phi) is 3.31. The Morgan fingerprint density at radius 2 is 1.86 bits per heavy atom. The molecule has 0 spiro atoms. The molecule has 5 nitrogen and oxygen atoms in total. The Morgan fingerprint density at radius 3 is 2.52 bits per heavy atom. The van der Waals surface area contributed by atoms with Crippen LogP contribution in [0.5, 0.6) is 11.5 Å². The number of phenols is 1. The van der Waals surface area contributed by atoms with E-state index < -0.39 is 0 Å². The number of aryl methyl sites for hydroxylation is 1. The average Bonchev–Trinajstić information content (AvgIpc) is 2.97. The molecule has 0 aliphatic rings. The van der Waals surface area contributed by atoms with E-state index in [0.717, 1.165) is 22.4 Å². The number of nitrogens with zero attached hydrogens (tertiary/aromatic N) is 2. The van der Waals surface area contributed by atoms with Crippen LogP contribution in [0.3, 0.4) is 0 Å². The lowest BCUT2D eigenvalue weighted by atomic mass is 10.1. The standard InChI is InChI=1S/C16H14N2O3/c1-10-9-12(19)5-8-14(10)16-17-15(18-21-16)11-3-6-13(20-2)7-4-11/h3-9,19H,1-2H3. The van der Waals surface area contributed by atoms with Gasteiger partial charge in [0, 0.05) is 11.1 Å². The van der Waals surface area contributed by atoms with Crippen LogP contribution in [0.4, 0.5) is 0 Å². The van der Waals surface area contributed by atoms with Crippen molar-refractivity contribution in [1.29, 1.82) is 0 Å². The monoisotopic (exact) mass is 282 g/mol. The zero-order chi connectivity index (χ0) is 14.8.